The number of hydrogen-bond acceptors (Lipinski definition) is 5. The summed E-state index contributed by atoms with van der Waals surface area (Å²) in [6, 6.07) is 8.66. The summed E-state index contributed by atoms with van der Waals surface area (Å²) in [7, 11) is 0. The molecule has 130 valence electrons. The third-order valence-electron chi connectivity index (χ3n) is 3.96. The van der Waals surface area contributed by atoms with E-state index in [-0.39, 0.29) is 16.7 Å². The number of carbonyl (C=O) groups excluding carboxylic acids is 1. The fraction of sp³-hybridized carbons (Fsp3) is 0.105. The van der Waals surface area contributed by atoms with Gasteiger partial charge in [-0.1, -0.05) is 17.4 Å². The lowest BCUT2D eigenvalue weighted by Gasteiger charge is -2.03. The number of anilines is 1. The Hall–Kier alpha value is -3.06. The Balaban J connectivity index is 1.70. The van der Waals surface area contributed by atoms with Gasteiger partial charge in [-0.2, -0.15) is 0 Å². The minimum Gasteiger partial charge on any atom is -0.451 e. The summed E-state index contributed by atoms with van der Waals surface area (Å²) >= 11 is 1.35. The molecule has 2 aromatic heterocycles. The molecular weight excluding hydrogens is 355 g/mol. The molecule has 0 atom stereocenters. The summed E-state index contributed by atoms with van der Waals surface area (Å²) in [4.78, 5) is 29.0. The number of nitrogens with zero attached hydrogens (tertiary/aromatic N) is 1. The van der Waals surface area contributed by atoms with Gasteiger partial charge < -0.3 is 4.42 Å². The largest absolute Gasteiger partial charge is 0.451 e. The molecule has 4 rings (SSSR count). The molecule has 0 aliphatic carbocycles. The van der Waals surface area contributed by atoms with Crippen LogP contribution in [0.2, 0.25) is 0 Å². The first-order chi connectivity index (χ1) is 12.4. The number of rotatable bonds is 2. The predicted octanol–water partition coefficient (Wildman–Crippen LogP) is 4.41. The van der Waals surface area contributed by atoms with Crippen molar-refractivity contribution in [1.82, 2.24) is 4.98 Å². The average Bonchev–Trinajstić information content (AvgIpc) is 2.98. The molecule has 1 N–H and O–H groups in total. The highest BCUT2D eigenvalue weighted by Crippen LogP contribution is 2.29. The normalized spacial score (nSPS) is 11.2. The lowest BCUT2D eigenvalue weighted by Crippen LogP contribution is -2.14. The van der Waals surface area contributed by atoms with Crippen molar-refractivity contribution in [3.63, 3.8) is 0 Å². The van der Waals surface area contributed by atoms with Crippen LogP contribution in [0.3, 0.4) is 0 Å². The molecular formula is C19H13FN2O3S. The van der Waals surface area contributed by atoms with Gasteiger partial charge in [0.25, 0.3) is 5.91 Å². The van der Waals surface area contributed by atoms with Crippen LogP contribution < -0.4 is 10.7 Å². The van der Waals surface area contributed by atoms with E-state index in [0.717, 1.165) is 33.5 Å². The van der Waals surface area contributed by atoms with E-state index < -0.39 is 17.2 Å². The number of aromatic nitrogens is 1. The molecule has 7 heteroatoms. The molecule has 2 heterocycles. The Kier molecular flexibility index (Phi) is 3.81. The highest BCUT2D eigenvalue weighted by atomic mass is 32.1. The standard InChI is InChI=1S/C19H13FN2O3S/c1-9-5-10(2)17-16(6-9)26-19(21-17)22-18(24)15-8-13(23)12-7-11(20)3-4-14(12)25-15/h3-8H,1-2H3,(H,21,22,24). The predicted molar refractivity (Wildman–Crippen MR) is 99.5 cm³/mol. The zero-order chi connectivity index (χ0) is 18.4. The highest BCUT2D eigenvalue weighted by molar-refractivity contribution is 7.22. The minimum atomic E-state index is -0.582. The molecule has 0 unspecified atom stereocenters. The van der Waals surface area contributed by atoms with Gasteiger partial charge in [0.1, 0.15) is 11.4 Å². The quantitative estimate of drug-likeness (QED) is 0.569. The van der Waals surface area contributed by atoms with E-state index in [1.807, 2.05) is 26.0 Å². The fourth-order valence-corrected chi connectivity index (χ4v) is 3.86. The van der Waals surface area contributed by atoms with E-state index in [0.29, 0.717) is 5.13 Å². The summed E-state index contributed by atoms with van der Waals surface area (Å²) in [6.07, 6.45) is 0. The number of hydrogen-bond donors (Lipinski definition) is 1. The number of nitrogens with one attached hydrogen (secondary N) is 1. The van der Waals surface area contributed by atoms with Crippen LogP contribution in [0.1, 0.15) is 21.7 Å². The molecule has 2 aromatic carbocycles. The lowest BCUT2D eigenvalue weighted by atomic mass is 10.1. The van der Waals surface area contributed by atoms with Gasteiger partial charge in [-0.05, 0) is 49.2 Å². The topological polar surface area (TPSA) is 72.2 Å². The third kappa shape index (κ3) is 2.86. The second kappa shape index (κ2) is 6.03. The van der Waals surface area contributed by atoms with E-state index >= 15 is 0 Å². The van der Waals surface area contributed by atoms with Crippen molar-refractivity contribution in [2.24, 2.45) is 0 Å². The van der Waals surface area contributed by atoms with Gasteiger partial charge in [-0.25, -0.2) is 9.37 Å². The number of amides is 1. The van der Waals surface area contributed by atoms with Gasteiger partial charge in [0.15, 0.2) is 16.3 Å². The van der Waals surface area contributed by atoms with Crippen molar-refractivity contribution in [3.8, 4) is 0 Å². The van der Waals surface area contributed by atoms with Crippen molar-refractivity contribution in [1.29, 1.82) is 0 Å². The molecule has 1 amide bonds. The summed E-state index contributed by atoms with van der Waals surface area (Å²) in [5.41, 5.74) is 2.64. The van der Waals surface area contributed by atoms with Crippen LogP contribution in [-0.2, 0) is 0 Å². The number of halogens is 1. The molecule has 0 radical (unpaired) electrons. The summed E-state index contributed by atoms with van der Waals surface area (Å²) in [5.74, 6) is -1.27. The maximum atomic E-state index is 13.3. The average molecular weight is 368 g/mol. The van der Waals surface area contributed by atoms with Crippen molar-refractivity contribution in [3.05, 3.63) is 69.3 Å². The van der Waals surface area contributed by atoms with Gasteiger partial charge in [0, 0.05) is 6.07 Å². The van der Waals surface area contributed by atoms with E-state index in [4.69, 9.17) is 4.42 Å². The van der Waals surface area contributed by atoms with Gasteiger partial charge in [0.2, 0.25) is 0 Å². The van der Waals surface area contributed by atoms with E-state index in [1.54, 1.807) is 0 Å². The second-order valence-corrected chi connectivity index (χ2v) is 7.05. The maximum absolute atomic E-state index is 13.3. The first kappa shape index (κ1) is 16.4. The van der Waals surface area contributed by atoms with Crippen LogP contribution in [0.5, 0.6) is 0 Å². The molecule has 4 aromatic rings. The number of aryl methyl sites for hydroxylation is 2. The zero-order valence-corrected chi connectivity index (χ0v) is 14.7. The Morgan fingerprint density at radius 3 is 2.81 bits per heavy atom. The smallest absolute Gasteiger partial charge is 0.293 e. The Morgan fingerprint density at radius 1 is 1.19 bits per heavy atom. The maximum Gasteiger partial charge on any atom is 0.293 e. The molecule has 26 heavy (non-hydrogen) atoms. The van der Waals surface area contributed by atoms with Crippen LogP contribution in [0.15, 0.2) is 45.6 Å². The first-order valence-corrected chi connectivity index (χ1v) is 8.65. The molecule has 5 nitrogen and oxygen atoms in total. The molecule has 0 bridgehead atoms. The minimum absolute atomic E-state index is 0.0904. The van der Waals surface area contributed by atoms with Gasteiger partial charge in [-0.15, -0.1) is 0 Å². The molecule has 0 saturated heterocycles. The molecule has 0 fully saturated rings. The third-order valence-corrected chi connectivity index (χ3v) is 4.88. The van der Waals surface area contributed by atoms with Crippen molar-refractivity contribution in [2.45, 2.75) is 13.8 Å². The summed E-state index contributed by atoms with van der Waals surface area (Å²) in [6.45, 7) is 3.96. The van der Waals surface area contributed by atoms with E-state index in [1.165, 1.54) is 23.5 Å². The summed E-state index contributed by atoms with van der Waals surface area (Å²) in [5, 5.41) is 3.17. The van der Waals surface area contributed by atoms with E-state index in [9.17, 15) is 14.0 Å². The van der Waals surface area contributed by atoms with Gasteiger partial charge >= 0.3 is 0 Å². The van der Waals surface area contributed by atoms with Crippen LogP contribution in [0, 0.1) is 19.7 Å². The number of carbonyl (C=O) groups is 1. The monoisotopic (exact) mass is 368 g/mol. The van der Waals surface area contributed by atoms with Gasteiger partial charge in [0.05, 0.1) is 15.6 Å². The van der Waals surface area contributed by atoms with Crippen LogP contribution >= 0.6 is 11.3 Å². The second-order valence-electron chi connectivity index (χ2n) is 6.02. The van der Waals surface area contributed by atoms with Crippen molar-refractivity contribution >= 4 is 43.6 Å². The molecule has 0 aliphatic heterocycles. The van der Waals surface area contributed by atoms with E-state index in [2.05, 4.69) is 10.3 Å². The van der Waals surface area contributed by atoms with Crippen LogP contribution in [0.4, 0.5) is 9.52 Å². The lowest BCUT2D eigenvalue weighted by molar-refractivity contribution is 0.0997. The number of thiazole rings is 1. The van der Waals surface area contributed by atoms with Crippen molar-refractivity contribution in [2.75, 3.05) is 5.32 Å². The van der Waals surface area contributed by atoms with Crippen LogP contribution in [0.25, 0.3) is 21.2 Å². The zero-order valence-electron chi connectivity index (χ0n) is 13.9. The van der Waals surface area contributed by atoms with Gasteiger partial charge in [-0.3, -0.25) is 14.9 Å². The number of fused-ring (bicyclic) bond motifs is 2. The molecule has 0 saturated carbocycles. The Morgan fingerprint density at radius 2 is 2.00 bits per heavy atom. The fourth-order valence-electron chi connectivity index (χ4n) is 2.82. The summed E-state index contributed by atoms with van der Waals surface area (Å²) < 4.78 is 19.7. The number of benzene rings is 2. The first-order valence-electron chi connectivity index (χ1n) is 7.83. The Bertz CT molecular complexity index is 1240. The highest BCUT2D eigenvalue weighted by Gasteiger charge is 2.15. The van der Waals surface area contributed by atoms with Crippen LogP contribution in [-0.4, -0.2) is 10.9 Å². The van der Waals surface area contributed by atoms with Crippen molar-refractivity contribution < 1.29 is 13.6 Å². The molecule has 0 spiro atoms. The Labute approximate surface area is 151 Å². The SMILES string of the molecule is Cc1cc(C)c2nc(NC(=O)c3cc(=O)c4cc(F)ccc4o3)sc2c1. The molecule has 0 aliphatic rings.